The molecule has 0 saturated carbocycles. The number of halogens is 1. The third-order valence-corrected chi connectivity index (χ3v) is 4.60. The fourth-order valence-electron chi connectivity index (χ4n) is 1.25. The second kappa shape index (κ2) is 4.47. The molecule has 0 aliphatic carbocycles. The van der Waals surface area contributed by atoms with E-state index in [1.165, 1.54) is 4.46 Å². The predicted octanol–water partition coefficient (Wildman–Crippen LogP) is 1.95. The van der Waals surface area contributed by atoms with Crippen molar-refractivity contribution in [2.24, 2.45) is 0 Å². The first-order valence-electron chi connectivity index (χ1n) is 4.20. The Morgan fingerprint density at radius 3 is 2.69 bits per heavy atom. The van der Waals surface area contributed by atoms with Crippen molar-refractivity contribution in [2.45, 2.75) is 11.2 Å². The van der Waals surface area contributed by atoms with Crippen LogP contribution in [0.1, 0.15) is 6.42 Å². The zero-order chi connectivity index (χ0) is 9.10. The van der Waals surface area contributed by atoms with Crippen LogP contribution < -0.4 is 4.46 Å². The molecule has 0 N–H and O–H groups in total. The second-order valence-corrected chi connectivity index (χ2v) is 6.23. The van der Waals surface area contributed by atoms with Gasteiger partial charge in [-0.15, -0.1) is 0 Å². The third-order valence-electron chi connectivity index (χ3n) is 1.86. The molecule has 0 bridgehead atoms. The fourth-order valence-corrected chi connectivity index (χ4v) is 3.95. The molecule has 0 aromatic heterocycles. The Bertz CT molecular complexity index is 265. The molecule has 0 unspecified atom stereocenters. The summed E-state index contributed by atoms with van der Waals surface area (Å²) < 4.78 is 6.66. The monoisotopic (exact) mass is 261 g/mol. The molecule has 1 fully saturated rings. The van der Waals surface area contributed by atoms with Crippen molar-refractivity contribution in [3.8, 4) is 0 Å². The summed E-state index contributed by atoms with van der Waals surface area (Å²) in [4.78, 5) is 0.627. The summed E-state index contributed by atoms with van der Waals surface area (Å²) in [5.74, 6) is 0. The molecule has 2 rings (SSSR count). The van der Waals surface area contributed by atoms with Crippen molar-refractivity contribution in [1.82, 2.24) is 0 Å². The molecule has 0 amide bonds. The van der Waals surface area contributed by atoms with Crippen LogP contribution in [-0.2, 0) is 4.74 Å². The SMILES string of the molecule is Cl[C]1C[C@H]([Se]c2ccccc2)CO1. The van der Waals surface area contributed by atoms with E-state index in [-0.39, 0.29) is 0 Å². The van der Waals surface area contributed by atoms with Crippen molar-refractivity contribution in [3.63, 3.8) is 0 Å². The van der Waals surface area contributed by atoms with Gasteiger partial charge >= 0.3 is 89.5 Å². The molecule has 13 heavy (non-hydrogen) atoms. The van der Waals surface area contributed by atoms with Crippen LogP contribution in [0.15, 0.2) is 30.3 Å². The number of rotatable bonds is 2. The van der Waals surface area contributed by atoms with Crippen LogP contribution in [0.4, 0.5) is 0 Å². The Morgan fingerprint density at radius 2 is 2.08 bits per heavy atom. The van der Waals surface area contributed by atoms with Crippen LogP contribution >= 0.6 is 11.6 Å². The van der Waals surface area contributed by atoms with Gasteiger partial charge in [-0.25, -0.2) is 0 Å². The van der Waals surface area contributed by atoms with E-state index < -0.39 is 0 Å². The Balaban J connectivity index is 1.92. The maximum absolute atomic E-state index is 5.78. The van der Waals surface area contributed by atoms with Gasteiger partial charge < -0.3 is 0 Å². The molecule has 1 heterocycles. The van der Waals surface area contributed by atoms with Crippen molar-refractivity contribution < 1.29 is 4.74 Å². The first kappa shape index (κ1) is 9.54. The van der Waals surface area contributed by atoms with Gasteiger partial charge in [0, 0.05) is 0 Å². The Morgan fingerprint density at radius 1 is 1.31 bits per heavy atom. The molecule has 1 nitrogen and oxygen atoms in total. The first-order chi connectivity index (χ1) is 6.34. The molecule has 69 valence electrons. The van der Waals surface area contributed by atoms with Gasteiger partial charge in [0.25, 0.3) is 0 Å². The predicted molar refractivity (Wildman–Crippen MR) is 55.2 cm³/mol. The summed E-state index contributed by atoms with van der Waals surface area (Å²) in [6, 6.07) is 10.6. The Hall–Kier alpha value is -0.0105. The van der Waals surface area contributed by atoms with E-state index >= 15 is 0 Å². The Labute approximate surface area is 89.6 Å². The average molecular weight is 261 g/mol. The van der Waals surface area contributed by atoms with Crippen LogP contribution in [-0.4, -0.2) is 21.6 Å². The van der Waals surface area contributed by atoms with Crippen molar-refractivity contribution >= 4 is 31.0 Å². The molecular weight excluding hydrogens is 251 g/mol. The number of hydrogen-bond donors (Lipinski definition) is 0. The van der Waals surface area contributed by atoms with Crippen LogP contribution in [0.2, 0.25) is 4.82 Å². The summed E-state index contributed by atoms with van der Waals surface area (Å²) in [5.41, 5.74) is 0.683. The number of benzene rings is 1. The molecule has 0 spiro atoms. The van der Waals surface area contributed by atoms with Gasteiger partial charge in [0.1, 0.15) is 0 Å². The number of hydrogen-bond acceptors (Lipinski definition) is 1. The van der Waals surface area contributed by atoms with Gasteiger partial charge in [-0.1, -0.05) is 0 Å². The normalized spacial score (nSPS) is 23.6. The van der Waals surface area contributed by atoms with E-state index in [0.29, 0.717) is 25.3 Å². The summed E-state index contributed by atoms with van der Waals surface area (Å²) in [5, 5.41) is 0. The minimum atomic E-state index is 0.498. The molecule has 1 aliphatic rings. The maximum atomic E-state index is 5.78. The van der Waals surface area contributed by atoms with Crippen molar-refractivity contribution in [3.05, 3.63) is 35.9 Å². The van der Waals surface area contributed by atoms with Crippen molar-refractivity contribution in [2.75, 3.05) is 6.61 Å². The van der Waals surface area contributed by atoms with Crippen LogP contribution in [0, 0.1) is 5.56 Å². The third kappa shape index (κ3) is 2.72. The van der Waals surface area contributed by atoms with Gasteiger partial charge in [0.05, 0.1) is 0 Å². The van der Waals surface area contributed by atoms with E-state index in [1.54, 1.807) is 0 Å². The molecule has 1 saturated heterocycles. The van der Waals surface area contributed by atoms with Gasteiger partial charge in [-0.05, 0) is 0 Å². The average Bonchev–Trinajstić information content (AvgIpc) is 2.53. The van der Waals surface area contributed by atoms with Gasteiger partial charge in [0.2, 0.25) is 0 Å². The van der Waals surface area contributed by atoms with Crippen LogP contribution in [0.5, 0.6) is 0 Å². The zero-order valence-electron chi connectivity index (χ0n) is 7.07. The Kier molecular flexibility index (Phi) is 3.28. The van der Waals surface area contributed by atoms with E-state index in [9.17, 15) is 0 Å². The fraction of sp³-hybridized carbons (Fsp3) is 0.300. The minimum absolute atomic E-state index is 0.498. The molecule has 1 atom stereocenters. The summed E-state index contributed by atoms with van der Waals surface area (Å²) in [6.07, 6.45) is 0.927. The molecule has 1 aromatic carbocycles. The molecule has 1 radical (unpaired) electrons. The standard InChI is InChI=1S/C10H10ClOSe/c11-10-6-9(7-12-10)13-8-4-2-1-3-5-8/h1-5,9H,6-7H2/t9-/m0/s1. The summed E-state index contributed by atoms with van der Waals surface area (Å²) in [7, 11) is 0. The zero-order valence-corrected chi connectivity index (χ0v) is 9.54. The van der Waals surface area contributed by atoms with Gasteiger partial charge in [-0.2, -0.15) is 0 Å². The molecule has 1 aliphatic heterocycles. The van der Waals surface area contributed by atoms with E-state index in [2.05, 4.69) is 24.3 Å². The summed E-state index contributed by atoms with van der Waals surface area (Å²) in [6.45, 7) is 0.799. The van der Waals surface area contributed by atoms with Crippen molar-refractivity contribution in [1.29, 1.82) is 0 Å². The van der Waals surface area contributed by atoms with E-state index in [4.69, 9.17) is 16.3 Å². The van der Waals surface area contributed by atoms with Crippen LogP contribution in [0.3, 0.4) is 0 Å². The molecule has 1 aromatic rings. The van der Waals surface area contributed by atoms with Gasteiger partial charge in [0.15, 0.2) is 0 Å². The number of ether oxygens (including phenoxy) is 1. The second-order valence-electron chi connectivity index (χ2n) is 2.92. The van der Waals surface area contributed by atoms with E-state index in [1.807, 2.05) is 6.07 Å². The quantitative estimate of drug-likeness (QED) is 0.739. The first-order valence-corrected chi connectivity index (χ1v) is 6.43. The van der Waals surface area contributed by atoms with Crippen LogP contribution in [0.25, 0.3) is 0 Å². The molecular formula is C10H10ClOSe. The van der Waals surface area contributed by atoms with E-state index in [0.717, 1.165) is 13.0 Å². The van der Waals surface area contributed by atoms with Gasteiger partial charge in [-0.3, -0.25) is 0 Å². The molecule has 3 heteroatoms. The topological polar surface area (TPSA) is 9.23 Å². The summed E-state index contributed by atoms with van der Waals surface area (Å²) >= 11 is 6.28.